The molecule has 4 rings (SSSR count). The van der Waals surface area contributed by atoms with Crippen LogP contribution in [0.3, 0.4) is 0 Å². The first-order chi connectivity index (χ1) is 14.2. The van der Waals surface area contributed by atoms with Crippen LogP contribution in [0.2, 0.25) is 0 Å². The normalized spacial score (nSPS) is 11.8. The van der Waals surface area contributed by atoms with Gasteiger partial charge in [0.05, 0.1) is 25.1 Å². The summed E-state index contributed by atoms with van der Waals surface area (Å²) in [4.78, 5) is 13.1. The van der Waals surface area contributed by atoms with E-state index in [2.05, 4.69) is 10.4 Å². The number of carbonyl (C=O) groups is 1. The van der Waals surface area contributed by atoms with E-state index in [-0.39, 0.29) is 11.9 Å². The van der Waals surface area contributed by atoms with Crippen LogP contribution in [-0.4, -0.2) is 22.8 Å². The zero-order chi connectivity index (χ0) is 20.2. The number of hydrogen-bond acceptors (Lipinski definition) is 4. The summed E-state index contributed by atoms with van der Waals surface area (Å²) in [5.41, 5.74) is 2.79. The van der Waals surface area contributed by atoms with Gasteiger partial charge < -0.3 is 14.5 Å². The van der Waals surface area contributed by atoms with E-state index < -0.39 is 0 Å². The van der Waals surface area contributed by atoms with E-state index in [0.29, 0.717) is 17.1 Å². The SMILES string of the molecule is COc1ccc(-n2nc(-c3ccco3)cc2C(=O)NC(C)c2ccccc2)cc1. The zero-order valence-corrected chi connectivity index (χ0v) is 16.2. The van der Waals surface area contributed by atoms with Gasteiger partial charge in [0.15, 0.2) is 5.76 Å². The highest BCUT2D eigenvalue weighted by Crippen LogP contribution is 2.24. The molecule has 0 saturated carbocycles. The summed E-state index contributed by atoms with van der Waals surface area (Å²) in [6.07, 6.45) is 1.58. The van der Waals surface area contributed by atoms with Crippen molar-refractivity contribution in [1.29, 1.82) is 0 Å². The van der Waals surface area contributed by atoms with E-state index in [0.717, 1.165) is 17.0 Å². The fourth-order valence-corrected chi connectivity index (χ4v) is 3.10. The van der Waals surface area contributed by atoms with E-state index in [1.165, 1.54) is 0 Å². The van der Waals surface area contributed by atoms with E-state index in [9.17, 15) is 4.79 Å². The number of furan rings is 1. The second-order valence-corrected chi connectivity index (χ2v) is 6.61. The lowest BCUT2D eigenvalue weighted by Crippen LogP contribution is -2.28. The van der Waals surface area contributed by atoms with Crippen LogP contribution in [0.5, 0.6) is 5.75 Å². The maximum absolute atomic E-state index is 13.1. The van der Waals surface area contributed by atoms with Gasteiger partial charge in [-0.1, -0.05) is 30.3 Å². The van der Waals surface area contributed by atoms with Gasteiger partial charge in [-0.3, -0.25) is 4.79 Å². The fourth-order valence-electron chi connectivity index (χ4n) is 3.10. The monoisotopic (exact) mass is 387 g/mol. The van der Waals surface area contributed by atoms with Crippen LogP contribution >= 0.6 is 0 Å². The summed E-state index contributed by atoms with van der Waals surface area (Å²) in [5.74, 6) is 1.11. The molecule has 0 saturated heterocycles. The molecule has 0 bridgehead atoms. The average molecular weight is 387 g/mol. The molecular weight excluding hydrogens is 366 g/mol. The summed E-state index contributed by atoms with van der Waals surface area (Å²) in [7, 11) is 1.61. The fraction of sp³-hybridized carbons (Fsp3) is 0.130. The van der Waals surface area contributed by atoms with Crippen LogP contribution in [0.25, 0.3) is 17.1 Å². The zero-order valence-electron chi connectivity index (χ0n) is 16.2. The summed E-state index contributed by atoms with van der Waals surface area (Å²) in [5, 5.41) is 7.65. The Bertz CT molecular complexity index is 1080. The number of benzene rings is 2. The quantitative estimate of drug-likeness (QED) is 0.524. The molecule has 1 N–H and O–H groups in total. The van der Waals surface area contributed by atoms with Crippen LogP contribution in [0, 0.1) is 0 Å². The molecular formula is C23H21N3O3. The molecule has 2 aromatic carbocycles. The van der Waals surface area contributed by atoms with Crippen molar-refractivity contribution in [2.45, 2.75) is 13.0 Å². The average Bonchev–Trinajstić information content (AvgIpc) is 3.44. The molecule has 4 aromatic rings. The molecule has 0 aliphatic carbocycles. The minimum Gasteiger partial charge on any atom is -0.497 e. The summed E-state index contributed by atoms with van der Waals surface area (Å²) in [6, 6.07) is 22.4. The summed E-state index contributed by atoms with van der Waals surface area (Å²) >= 11 is 0. The van der Waals surface area contributed by atoms with Crippen molar-refractivity contribution >= 4 is 5.91 Å². The van der Waals surface area contributed by atoms with Gasteiger partial charge in [-0.25, -0.2) is 4.68 Å². The van der Waals surface area contributed by atoms with E-state index >= 15 is 0 Å². The van der Waals surface area contributed by atoms with Crippen LogP contribution < -0.4 is 10.1 Å². The van der Waals surface area contributed by atoms with Gasteiger partial charge in [0, 0.05) is 6.07 Å². The number of ether oxygens (including phenoxy) is 1. The molecule has 2 heterocycles. The largest absolute Gasteiger partial charge is 0.497 e. The molecule has 1 atom stereocenters. The van der Waals surface area contributed by atoms with Crippen LogP contribution in [0.15, 0.2) is 83.5 Å². The number of nitrogens with one attached hydrogen (secondary N) is 1. The lowest BCUT2D eigenvalue weighted by atomic mass is 10.1. The van der Waals surface area contributed by atoms with E-state index in [1.54, 1.807) is 30.2 Å². The number of amides is 1. The van der Waals surface area contributed by atoms with Gasteiger partial charge in [0.25, 0.3) is 5.91 Å². The molecule has 29 heavy (non-hydrogen) atoms. The Balaban J connectivity index is 1.69. The van der Waals surface area contributed by atoms with E-state index in [4.69, 9.17) is 9.15 Å². The van der Waals surface area contributed by atoms with Crippen LogP contribution in [0.4, 0.5) is 0 Å². The number of aromatic nitrogens is 2. The summed E-state index contributed by atoms with van der Waals surface area (Å²) < 4.78 is 12.3. The Morgan fingerprint density at radius 2 is 1.83 bits per heavy atom. The Kier molecular flexibility index (Phi) is 5.16. The topological polar surface area (TPSA) is 69.3 Å². The summed E-state index contributed by atoms with van der Waals surface area (Å²) in [6.45, 7) is 1.95. The first-order valence-electron chi connectivity index (χ1n) is 9.30. The minimum absolute atomic E-state index is 0.144. The van der Waals surface area contributed by atoms with E-state index in [1.807, 2.05) is 67.6 Å². The predicted molar refractivity (Wildman–Crippen MR) is 110 cm³/mol. The lowest BCUT2D eigenvalue weighted by Gasteiger charge is -2.15. The smallest absolute Gasteiger partial charge is 0.270 e. The van der Waals surface area contributed by atoms with Crippen molar-refractivity contribution in [3.8, 4) is 22.9 Å². The number of rotatable bonds is 6. The van der Waals surface area contributed by atoms with Crippen molar-refractivity contribution in [3.05, 3.63) is 90.3 Å². The third-order valence-electron chi connectivity index (χ3n) is 4.68. The molecule has 0 radical (unpaired) electrons. The van der Waals surface area contributed by atoms with Gasteiger partial charge in [-0.2, -0.15) is 5.10 Å². The standard InChI is InChI=1S/C23H21N3O3/c1-16(17-7-4-3-5-8-17)24-23(27)21-15-20(22-9-6-14-29-22)25-26(21)18-10-12-19(28-2)13-11-18/h3-16H,1-2H3,(H,24,27). The van der Waals surface area contributed by atoms with Crippen molar-refractivity contribution in [2.75, 3.05) is 7.11 Å². The highest BCUT2D eigenvalue weighted by atomic mass is 16.5. The highest BCUT2D eigenvalue weighted by Gasteiger charge is 2.20. The number of carbonyl (C=O) groups excluding carboxylic acids is 1. The minimum atomic E-state index is -0.220. The number of hydrogen-bond donors (Lipinski definition) is 1. The van der Waals surface area contributed by atoms with Crippen LogP contribution in [-0.2, 0) is 0 Å². The molecule has 2 aromatic heterocycles. The maximum atomic E-state index is 13.1. The lowest BCUT2D eigenvalue weighted by molar-refractivity contribution is 0.0932. The van der Waals surface area contributed by atoms with Gasteiger partial charge in [0.1, 0.15) is 17.1 Å². The molecule has 1 amide bonds. The highest BCUT2D eigenvalue weighted by molar-refractivity contribution is 5.94. The van der Waals surface area contributed by atoms with Gasteiger partial charge in [-0.05, 0) is 48.9 Å². The second-order valence-electron chi connectivity index (χ2n) is 6.61. The molecule has 6 heteroatoms. The van der Waals surface area contributed by atoms with Gasteiger partial charge >= 0.3 is 0 Å². The molecule has 146 valence electrons. The van der Waals surface area contributed by atoms with Gasteiger partial charge in [0.2, 0.25) is 0 Å². The molecule has 6 nitrogen and oxygen atoms in total. The van der Waals surface area contributed by atoms with Crippen molar-refractivity contribution in [1.82, 2.24) is 15.1 Å². The second kappa shape index (κ2) is 8.06. The molecule has 0 fully saturated rings. The molecule has 0 spiro atoms. The Labute approximate surface area is 168 Å². The Hall–Kier alpha value is -3.80. The van der Waals surface area contributed by atoms with Crippen LogP contribution in [0.1, 0.15) is 29.0 Å². The predicted octanol–water partition coefficient (Wildman–Crippen LogP) is 4.63. The molecule has 0 aliphatic heterocycles. The molecule has 1 unspecified atom stereocenters. The molecule has 0 aliphatic rings. The van der Waals surface area contributed by atoms with Crippen molar-refractivity contribution < 1.29 is 13.9 Å². The Morgan fingerprint density at radius 1 is 1.07 bits per heavy atom. The van der Waals surface area contributed by atoms with Crippen molar-refractivity contribution in [3.63, 3.8) is 0 Å². The number of methoxy groups -OCH3 is 1. The third-order valence-corrected chi connectivity index (χ3v) is 4.68. The Morgan fingerprint density at radius 3 is 2.48 bits per heavy atom. The number of nitrogens with zero attached hydrogens (tertiary/aromatic N) is 2. The first kappa shape index (κ1) is 18.6. The first-order valence-corrected chi connectivity index (χ1v) is 9.30. The van der Waals surface area contributed by atoms with Gasteiger partial charge in [-0.15, -0.1) is 0 Å². The van der Waals surface area contributed by atoms with Crippen molar-refractivity contribution in [2.24, 2.45) is 0 Å². The maximum Gasteiger partial charge on any atom is 0.270 e. The third kappa shape index (κ3) is 3.91.